The number of nitrogen functional groups attached to an aromatic ring is 1. The van der Waals surface area contributed by atoms with Crippen molar-refractivity contribution in [3.63, 3.8) is 0 Å². The zero-order chi connectivity index (χ0) is 13.4. The lowest BCUT2D eigenvalue weighted by Gasteiger charge is -2.00. The van der Waals surface area contributed by atoms with Gasteiger partial charge in [-0.3, -0.25) is 0 Å². The Balaban J connectivity index is 2.60. The number of hydrogen-bond acceptors (Lipinski definition) is 4. The van der Waals surface area contributed by atoms with Gasteiger partial charge >= 0.3 is 5.97 Å². The van der Waals surface area contributed by atoms with Crippen LogP contribution in [0, 0.1) is 17.5 Å². The van der Waals surface area contributed by atoms with Gasteiger partial charge in [0.2, 0.25) is 0 Å². The fraction of sp³-hybridized carbons (Fsp3) is 0. The largest absolute Gasteiger partial charge is 0.476 e. The zero-order valence-electron chi connectivity index (χ0n) is 8.58. The van der Waals surface area contributed by atoms with Crippen LogP contribution in [-0.2, 0) is 0 Å². The Morgan fingerprint density at radius 2 is 1.94 bits per heavy atom. The highest BCUT2D eigenvalue weighted by molar-refractivity contribution is 7.19. The monoisotopic (exact) mass is 274 g/mol. The van der Waals surface area contributed by atoms with Crippen LogP contribution in [0.25, 0.3) is 10.6 Å². The molecule has 8 heteroatoms. The van der Waals surface area contributed by atoms with Gasteiger partial charge in [0.05, 0.1) is 0 Å². The van der Waals surface area contributed by atoms with Crippen LogP contribution >= 0.6 is 11.3 Å². The number of carbonyl (C=O) groups is 1. The average Bonchev–Trinajstić information content (AvgIpc) is 2.68. The molecule has 1 aromatic carbocycles. The van der Waals surface area contributed by atoms with Gasteiger partial charge in [-0.2, -0.15) is 0 Å². The van der Waals surface area contributed by atoms with Gasteiger partial charge in [0.15, 0.2) is 23.1 Å². The summed E-state index contributed by atoms with van der Waals surface area (Å²) in [4.78, 5) is 14.3. The third-order valence-electron chi connectivity index (χ3n) is 2.12. The number of nitrogens with two attached hydrogens (primary N) is 1. The summed E-state index contributed by atoms with van der Waals surface area (Å²) in [5.41, 5.74) is 4.60. The molecule has 0 atom stereocenters. The SMILES string of the molecule is Nc1sc(-c2ccc(F)c(F)c2F)nc1C(=O)O. The van der Waals surface area contributed by atoms with Gasteiger partial charge in [0.1, 0.15) is 10.0 Å². The van der Waals surface area contributed by atoms with E-state index in [0.717, 1.165) is 12.1 Å². The standard InChI is InChI=1S/C10H5F3N2O2S/c11-4-2-1-3(5(12)6(4)13)9-15-7(10(16)17)8(14)18-9/h1-2H,14H2,(H,16,17). The summed E-state index contributed by atoms with van der Waals surface area (Å²) in [5.74, 6) is -5.78. The quantitative estimate of drug-likeness (QED) is 0.825. The van der Waals surface area contributed by atoms with E-state index >= 15 is 0 Å². The molecule has 2 rings (SSSR count). The molecular formula is C10H5F3N2O2S. The van der Waals surface area contributed by atoms with Crippen LogP contribution < -0.4 is 5.73 Å². The number of benzene rings is 1. The predicted octanol–water partition coefficient (Wildman–Crippen LogP) is 2.51. The highest BCUT2D eigenvalue weighted by atomic mass is 32.1. The van der Waals surface area contributed by atoms with Gasteiger partial charge in [0.25, 0.3) is 0 Å². The Morgan fingerprint density at radius 3 is 2.50 bits per heavy atom. The molecule has 2 aromatic rings. The van der Waals surface area contributed by atoms with Crippen molar-refractivity contribution < 1.29 is 23.1 Å². The minimum absolute atomic E-state index is 0.124. The number of nitrogens with zero attached hydrogens (tertiary/aromatic N) is 1. The molecule has 0 aliphatic rings. The number of aromatic carboxylic acids is 1. The number of aromatic nitrogens is 1. The topological polar surface area (TPSA) is 76.2 Å². The molecule has 0 bridgehead atoms. The zero-order valence-corrected chi connectivity index (χ0v) is 9.39. The number of carboxylic acid groups (broad SMARTS) is 1. The summed E-state index contributed by atoms with van der Waals surface area (Å²) in [7, 11) is 0. The fourth-order valence-corrected chi connectivity index (χ4v) is 2.13. The molecule has 0 saturated carbocycles. The third-order valence-corrected chi connectivity index (χ3v) is 3.04. The summed E-state index contributed by atoms with van der Waals surface area (Å²) in [5, 5.41) is 8.47. The van der Waals surface area contributed by atoms with Crippen molar-refractivity contribution in [3.8, 4) is 10.6 Å². The van der Waals surface area contributed by atoms with Crippen molar-refractivity contribution in [2.75, 3.05) is 5.73 Å². The first-order valence-electron chi connectivity index (χ1n) is 4.55. The van der Waals surface area contributed by atoms with Gasteiger partial charge in [-0.15, -0.1) is 0 Å². The van der Waals surface area contributed by atoms with Crippen LogP contribution in [0.15, 0.2) is 12.1 Å². The molecule has 94 valence electrons. The highest BCUT2D eigenvalue weighted by Gasteiger charge is 2.21. The Morgan fingerprint density at radius 1 is 1.28 bits per heavy atom. The number of hydrogen-bond donors (Lipinski definition) is 2. The molecule has 0 fully saturated rings. The van der Waals surface area contributed by atoms with Gasteiger partial charge in [-0.05, 0) is 12.1 Å². The van der Waals surface area contributed by atoms with Crippen molar-refractivity contribution >= 4 is 22.3 Å². The molecule has 0 amide bonds. The molecule has 0 saturated heterocycles. The Bertz CT molecular complexity index is 642. The fourth-order valence-electron chi connectivity index (χ4n) is 1.29. The van der Waals surface area contributed by atoms with Crippen molar-refractivity contribution in [1.29, 1.82) is 0 Å². The molecule has 18 heavy (non-hydrogen) atoms. The first-order valence-corrected chi connectivity index (χ1v) is 5.37. The number of carboxylic acids is 1. The minimum atomic E-state index is -1.64. The summed E-state index contributed by atoms with van der Waals surface area (Å²) in [6.07, 6.45) is 0. The molecule has 0 aliphatic carbocycles. The molecule has 1 heterocycles. The number of rotatable bonds is 2. The lowest BCUT2D eigenvalue weighted by atomic mass is 10.2. The van der Waals surface area contributed by atoms with Gasteiger partial charge in [-0.25, -0.2) is 22.9 Å². The normalized spacial score (nSPS) is 10.6. The van der Waals surface area contributed by atoms with Crippen molar-refractivity contribution in [2.45, 2.75) is 0 Å². The lowest BCUT2D eigenvalue weighted by Crippen LogP contribution is -2.00. The maximum absolute atomic E-state index is 13.5. The second-order valence-corrected chi connectivity index (χ2v) is 4.29. The Kier molecular flexibility index (Phi) is 2.95. The van der Waals surface area contributed by atoms with E-state index in [2.05, 4.69) is 4.98 Å². The second kappa shape index (κ2) is 4.30. The molecular weight excluding hydrogens is 269 g/mol. The summed E-state index contributed by atoms with van der Waals surface area (Å²) >= 11 is 0.681. The Hall–Kier alpha value is -2.09. The van der Waals surface area contributed by atoms with Crippen molar-refractivity contribution in [2.24, 2.45) is 0 Å². The molecule has 3 N–H and O–H groups in total. The van der Waals surface area contributed by atoms with Crippen molar-refractivity contribution in [3.05, 3.63) is 35.3 Å². The smallest absolute Gasteiger partial charge is 0.357 e. The van der Waals surface area contributed by atoms with Crippen LogP contribution in [0.2, 0.25) is 0 Å². The maximum Gasteiger partial charge on any atom is 0.357 e. The summed E-state index contributed by atoms with van der Waals surface area (Å²) < 4.78 is 39.2. The van der Waals surface area contributed by atoms with Crippen LogP contribution in [0.1, 0.15) is 10.5 Å². The van der Waals surface area contributed by atoms with E-state index in [1.54, 1.807) is 0 Å². The van der Waals surface area contributed by atoms with Gasteiger partial charge in [0, 0.05) is 5.56 Å². The molecule has 0 radical (unpaired) electrons. The van der Waals surface area contributed by atoms with E-state index in [1.165, 1.54) is 0 Å². The first kappa shape index (κ1) is 12.4. The number of halogens is 3. The van der Waals surface area contributed by atoms with E-state index in [9.17, 15) is 18.0 Å². The maximum atomic E-state index is 13.5. The predicted molar refractivity (Wildman–Crippen MR) is 58.8 cm³/mol. The van der Waals surface area contributed by atoms with Gasteiger partial charge < -0.3 is 10.8 Å². The van der Waals surface area contributed by atoms with Gasteiger partial charge in [-0.1, -0.05) is 11.3 Å². The average molecular weight is 274 g/mol. The highest BCUT2D eigenvalue weighted by Crippen LogP contribution is 2.32. The van der Waals surface area contributed by atoms with E-state index in [-0.39, 0.29) is 15.6 Å². The minimum Gasteiger partial charge on any atom is -0.476 e. The van der Waals surface area contributed by atoms with Crippen LogP contribution in [0.4, 0.5) is 18.2 Å². The number of thiazole rings is 1. The van der Waals surface area contributed by atoms with Crippen LogP contribution in [0.3, 0.4) is 0 Å². The summed E-state index contributed by atoms with van der Waals surface area (Å²) in [6, 6.07) is 1.70. The molecule has 1 aromatic heterocycles. The van der Waals surface area contributed by atoms with E-state index in [4.69, 9.17) is 10.8 Å². The lowest BCUT2D eigenvalue weighted by molar-refractivity contribution is 0.0692. The number of anilines is 1. The van der Waals surface area contributed by atoms with Crippen molar-refractivity contribution in [1.82, 2.24) is 4.98 Å². The van der Waals surface area contributed by atoms with Crippen LogP contribution in [0.5, 0.6) is 0 Å². The molecule has 0 aliphatic heterocycles. The van der Waals surface area contributed by atoms with Crippen LogP contribution in [-0.4, -0.2) is 16.1 Å². The molecule has 0 spiro atoms. The van der Waals surface area contributed by atoms with E-state index in [1.807, 2.05) is 0 Å². The summed E-state index contributed by atoms with van der Waals surface area (Å²) in [6.45, 7) is 0. The molecule has 0 unspecified atom stereocenters. The third kappa shape index (κ3) is 1.90. The van der Waals surface area contributed by atoms with E-state index < -0.39 is 29.1 Å². The van der Waals surface area contributed by atoms with E-state index in [0.29, 0.717) is 11.3 Å². The Labute approximate surface area is 103 Å². The molecule has 4 nitrogen and oxygen atoms in total. The second-order valence-electron chi connectivity index (χ2n) is 3.26. The first-order chi connectivity index (χ1) is 8.41.